The molecule has 0 heterocycles. The van der Waals surface area contributed by atoms with E-state index < -0.39 is 5.82 Å². The van der Waals surface area contributed by atoms with Crippen LogP contribution in [0.5, 0.6) is 0 Å². The van der Waals surface area contributed by atoms with Crippen LogP contribution in [0.1, 0.15) is 11.1 Å². The Balaban J connectivity index is 2.56. The number of hydrogen-bond acceptors (Lipinski definition) is 5. The number of halogens is 1. The lowest BCUT2D eigenvalue weighted by Gasteiger charge is -2.15. The van der Waals surface area contributed by atoms with Crippen LogP contribution in [0.3, 0.4) is 0 Å². The van der Waals surface area contributed by atoms with Crippen molar-refractivity contribution in [2.75, 3.05) is 27.4 Å². The number of rotatable bonds is 8. The van der Waals surface area contributed by atoms with E-state index in [-0.39, 0.29) is 11.9 Å². The SMILES string of the molecule is COCC(CNCc1ccc(/C(N)=N/O)cc1F)OC. The van der Waals surface area contributed by atoms with Gasteiger partial charge in [0.15, 0.2) is 5.84 Å². The zero-order valence-electron chi connectivity index (χ0n) is 11.6. The Morgan fingerprint density at radius 1 is 1.50 bits per heavy atom. The molecule has 0 fully saturated rings. The van der Waals surface area contributed by atoms with Gasteiger partial charge in [-0.2, -0.15) is 0 Å². The first-order chi connectivity index (χ1) is 9.62. The zero-order valence-corrected chi connectivity index (χ0v) is 11.6. The maximum Gasteiger partial charge on any atom is 0.170 e. The van der Waals surface area contributed by atoms with Crippen molar-refractivity contribution in [1.82, 2.24) is 5.32 Å². The summed E-state index contributed by atoms with van der Waals surface area (Å²) in [4.78, 5) is 0. The van der Waals surface area contributed by atoms with Crippen molar-refractivity contribution in [2.45, 2.75) is 12.6 Å². The van der Waals surface area contributed by atoms with E-state index in [0.717, 1.165) is 0 Å². The molecule has 0 saturated carbocycles. The number of nitrogens with zero attached hydrogens (tertiary/aromatic N) is 1. The quantitative estimate of drug-likeness (QED) is 0.283. The number of nitrogens with two attached hydrogens (primary N) is 1. The van der Waals surface area contributed by atoms with Crippen molar-refractivity contribution >= 4 is 5.84 Å². The molecule has 1 unspecified atom stereocenters. The van der Waals surface area contributed by atoms with Crippen LogP contribution in [0.2, 0.25) is 0 Å². The van der Waals surface area contributed by atoms with Gasteiger partial charge in [-0.05, 0) is 6.07 Å². The molecule has 0 aliphatic rings. The molecule has 1 aromatic carbocycles. The lowest BCUT2D eigenvalue weighted by Crippen LogP contribution is -2.31. The van der Waals surface area contributed by atoms with Crippen molar-refractivity contribution in [3.63, 3.8) is 0 Å². The molecule has 7 heteroatoms. The van der Waals surface area contributed by atoms with E-state index in [1.807, 2.05) is 0 Å². The second kappa shape index (κ2) is 8.47. The van der Waals surface area contributed by atoms with Crippen molar-refractivity contribution in [3.05, 3.63) is 35.1 Å². The van der Waals surface area contributed by atoms with Gasteiger partial charge in [0.25, 0.3) is 0 Å². The summed E-state index contributed by atoms with van der Waals surface area (Å²) in [6.45, 7) is 1.37. The molecule has 0 saturated heterocycles. The summed E-state index contributed by atoms with van der Waals surface area (Å²) < 4.78 is 24.0. The zero-order chi connectivity index (χ0) is 15.0. The minimum atomic E-state index is -0.415. The Kier molecular flexibility index (Phi) is 6.92. The standard InChI is InChI=1S/C13H20FN3O3/c1-19-8-11(20-2)7-16-6-10-4-3-9(5-12(10)14)13(15)17-18/h3-5,11,16,18H,6-8H2,1-2H3,(H2,15,17). The first-order valence-corrected chi connectivity index (χ1v) is 6.11. The summed E-state index contributed by atoms with van der Waals surface area (Å²) >= 11 is 0. The molecule has 1 aromatic rings. The topological polar surface area (TPSA) is 89.1 Å². The summed E-state index contributed by atoms with van der Waals surface area (Å²) in [5.41, 5.74) is 6.22. The fraction of sp³-hybridized carbons (Fsp3) is 0.462. The molecular formula is C13H20FN3O3. The first kappa shape index (κ1) is 16.4. The van der Waals surface area contributed by atoms with Gasteiger partial charge < -0.3 is 25.7 Å². The average molecular weight is 285 g/mol. The minimum absolute atomic E-state index is 0.0838. The van der Waals surface area contributed by atoms with Gasteiger partial charge in [0.1, 0.15) is 5.82 Å². The molecule has 1 rings (SSSR count). The minimum Gasteiger partial charge on any atom is -0.409 e. The van der Waals surface area contributed by atoms with Gasteiger partial charge in [-0.1, -0.05) is 17.3 Å². The van der Waals surface area contributed by atoms with Crippen LogP contribution in [0, 0.1) is 5.82 Å². The van der Waals surface area contributed by atoms with Crippen LogP contribution in [0.15, 0.2) is 23.4 Å². The van der Waals surface area contributed by atoms with Crippen LogP contribution in [0.4, 0.5) is 4.39 Å². The molecule has 20 heavy (non-hydrogen) atoms. The Labute approximate surface area is 117 Å². The van der Waals surface area contributed by atoms with Crippen LogP contribution in [-0.2, 0) is 16.0 Å². The molecule has 112 valence electrons. The molecule has 0 spiro atoms. The highest BCUT2D eigenvalue weighted by Crippen LogP contribution is 2.10. The third kappa shape index (κ3) is 4.76. The number of benzene rings is 1. The van der Waals surface area contributed by atoms with E-state index in [1.165, 1.54) is 6.07 Å². The van der Waals surface area contributed by atoms with Gasteiger partial charge in [-0.15, -0.1) is 0 Å². The van der Waals surface area contributed by atoms with E-state index in [1.54, 1.807) is 26.4 Å². The monoisotopic (exact) mass is 285 g/mol. The summed E-state index contributed by atoms with van der Waals surface area (Å²) in [6.07, 6.45) is -0.0838. The van der Waals surface area contributed by atoms with Crippen LogP contribution < -0.4 is 11.1 Å². The number of hydrogen-bond donors (Lipinski definition) is 3. The van der Waals surface area contributed by atoms with Crippen LogP contribution in [0.25, 0.3) is 0 Å². The van der Waals surface area contributed by atoms with Gasteiger partial charge in [0.05, 0.1) is 12.7 Å². The van der Waals surface area contributed by atoms with E-state index in [2.05, 4.69) is 10.5 Å². The molecule has 4 N–H and O–H groups in total. The highest BCUT2D eigenvalue weighted by atomic mass is 19.1. The molecule has 0 aliphatic carbocycles. The molecule has 0 aliphatic heterocycles. The van der Waals surface area contributed by atoms with Gasteiger partial charge in [-0.3, -0.25) is 0 Å². The largest absolute Gasteiger partial charge is 0.409 e. The van der Waals surface area contributed by atoms with Gasteiger partial charge in [-0.25, -0.2) is 4.39 Å². The number of nitrogens with one attached hydrogen (secondary N) is 1. The maximum atomic E-state index is 13.8. The van der Waals surface area contributed by atoms with E-state index in [9.17, 15) is 4.39 Å². The fourth-order valence-electron chi connectivity index (χ4n) is 1.67. The Morgan fingerprint density at radius 3 is 2.80 bits per heavy atom. The number of amidine groups is 1. The summed E-state index contributed by atoms with van der Waals surface area (Å²) in [6, 6.07) is 4.42. The summed E-state index contributed by atoms with van der Waals surface area (Å²) in [5, 5.41) is 14.4. The second-order valence-electron chi connectivity index (χ2n) is 4.24. The van der Waals surface area contributed by atoms with Gasteiger partial charge >= 0.3 is 0 Å². The lowest BCUT2D eigenvalue weighted by molar-refractivity contribution is 0.0287. The highest BCUT2D eigenvalue weighted by molar-refractivity contribution is 5.97. The third-order valence-corrected chi connectivity index (χ3v) is 2.83. The van der Waals surface area contributed by atoms with Gasteiger partial charge in [0.2, 0.25) is 0 Å². The number of oxime groups is 1. The van der Waals surface area contributed by atoms with Crippen molar-refractivity contribution in [2.24, 2.45) is 10.9 Å². The number of methoxy groups -OCH3 is 2. The summed E-state index contributed by atoms with van der Waals surface area (Å²) in [5.74, 6) is -0.537. The third-order valence-electron chi connectivity index (χ3n) is 2.83. The number of ether oxygens (including phenoxy) is 2. The molecule has 6 nitrogen and oxygen atoms in total. The van der Waals surface area contributed by atoms with E-state index in [0.29, 0.717) is 30.8 Å². The van der Waals surface area contributed by atoms with Crippen molar-refractivity contribution < 1.29 is 19.1 Å². The average Bonchev–Trinajstić information content (AvgIpc) is 2.46. The lowest BCUT2D eigenvalue weighted by atomic mass is 10.1. The summed E-state index contributed by atoms with van der Waals surface area (Å²) in [7, 11) is 3.19. The molecule has 0 aromatic heterocycles. The Bertz CT molecular complexity index is 454. The van der Waals surface area contributed by atoms with E-state index >= 15 is 0 Å². The highest BCUT2D eigenvalue weighted by Gasteiger charge is 2.09. The smallest absolute Gasteiger partial charge is 0.170 e. The second-order valence-corrected chi connectivity index (χ2v) is 4.24. The molecule has 1 atom stereocenters. The molecule has 0 amide bonds. The fourth-order valence-corrected chi connectivity index (χ4v) is 1.67. The Morgan fingerprint density at radius 2 is 2.25 bits per heavy atom. The predicted octanol–water partition coefficient (Wildman–Crippen LogP) is 0.671. The normalized spacial score (nSPS) is 13.4. The van der Waals surface area contributed by atoms with Gasteiger partial charge in [0, 0.05) is 38.4 Å². The van der Waals surface area contributed by atoms with Crippen LogP contribution in [-0.4, -0.2) is 44.5 Å². The first-order valence-electron chi connectivity index (χ1n) is 6.11. The van der Waals surface area contributed by atoms with Crippen LogP contribution >= 0.6 is 0 Å². The van der Waals surface area contributed by atoms with Crippen molar-refractivity contribution in [1.29, 1.82) is 0 Å². The van der Waals surface area contributed by atoms with Crippen molar-refractivity contribution in [3.8, 4) is 0 Å². The predicted molar refractivity (Wildman–Crippen MR) is 73.3 cm³/mol. The maximum absolute atomic E-state index is 13.8. The van der Waals surface area contributed by atoms with E-state index in [4.69, 9.17) is 20.4 Å². The molecule has 0 bridgehead atoms. The molecule has 0 radical (unpaired) electrons. The molecular weight excluding hydrogens is 265 g/mol. The Hall–Kier alpha value is -1.70.